The molecule has 0 fully saturated rings. The number of ether oxygens (including phenoxy) is 3. The van der Waals surface area contributed by atoms with Crippen molar-refractivity contribution in [2.75, 3.05) is 13.2 Å². The molecule has 0 spiro atoms. The van der Waals surface area contributed by atoms with E-state index in [2.05, 4.69) is 20.8 Å². The minimum absolute atomic E-state index is 0.0636. The quantitative estimate of drug-likeness (QED) is 0.0346. The van der Waals surface area contributed by atoms with Crippen LogP contribution in [0, 0.1) is 0 Å². The van der Waals surface area contributed by atoms with Crippen molar-refractivity contribution in [1.82, 2.24) is 0 Å². The van der Waals surface area contributed by atoms with Crippen LogP contribution in [0.4, 0.5) is 0 Å². The minimum Gasteiger partial charge on any atom is -0.462 e. The molecule has 0 saturated heterocycles. The Labute approximate surface area is 361 Å². The van der Waals surface area contributed by atoms with Crippen LogP contribution in [0.3, 0.4) is 0 Å². The number of unbranched alkanes of at least 4 members (excludes halogenated alkanes) is 37. The van der Waals surface area contributed by atoms with Crippen molar-refractivity contribution in [3.8, 4) is 0 Å². The zero-order valence-electron chi connectivity index (χ0n) is 39.3. The summed E-state index contributed by atoms with van der Waals surface area (Å²) in [6, 6.07) is 0. The molecule has 58 heavy (non-hydrogen) atoms. The van der Waals surface area contributed by atoms with Gasteiger partial charge in [0, 0.05) is 19.3 Å². The second kappa shape index (κ2) is 48.1. The molecule has 1 atom stereocenters. The molecule has 0 rings (SSSR count). The summed E-state index contributed by atoms with van der Waals surface area (Å²) in [5, 5.41) is 0. The van der Waals surface area contributed by atoms with Crippen molar-refractivity contribution >= 4 is 17.9 Å². The third-order valence-electron chi connectivity index (χ3n) is 11.9. The van der Waals surface area contributed by atoms with Crippen LogP contribution in [0.25, 0.3) is 0 Å². The Morgan fingerprint density at radius 1 is 0.276 bits per heavy atom. The third kappa shape index (κ3) is 45.5. The van der Waals surface area contributed by atoms with Gasteiger partial charge in [0.15, 0.2) is 6.10 Å². The highest BCUT2D eigenvalue weighted by Crippen LogP contribution is 2.17. The molecule has 0 aromatic heterocycles. The van der Waals surface area contributed by atoms with Crippen LogP contribution < -0.4 is 0 Å². The molecule has 0 aromatic carbocycles. The van der Waals surface area contributed by atoms with Gasteiger partial charge in [0.25, 0.3) is 0 Å². The van der Waals surface area contributed by atoms with E-state index in [1.165, 1.54) is 193 Å². The SMILES string of the molecule is CCCCCCCCCCCCCCCCCCCCCC(=O)OC[C@@H](COC(=O)CCCCCCCCCCCCCCCCCC)OC(=O)CCCCCCC. The van der Waals surface area contributed by atoms with E-state index in [1.54, 1.807) is 0 Å². The molecule has 0 N–H and O–H groups in total. The normalized spacial score (nSPS) is 11.8. The van der Waals surface area contributed by atoms with Gasteiger partial charge in [-0.05, 0) is 19.3 Å². The van der Waals surface area contributed by atoms with E-state index in [0.29, 0.717) is 19.3 Å². The molecule has 0 heterocycles. The molecule has 0 aromatic rings. The summed E-state index contributed by atoms with van der Waals surface area (Å²) in [5.74, 6) is -0.858. The van der Waals surface area contributed by atoms with Crippen LogP contribution in [0.15, 0.2) is 0 Å². The fraction of sp³-hybridized carbons (Fsp3) is 0.942. The van der Waals surface area contributed by atoms with Crippen LogP contribution in [0.5, 0.6) is 0 Å². The van der Waals surface area contributed by atoms with Crippen molar-refractivity contribution in [3.05, 3.63) is 0 Å². The summed E-state index contributed by atoms with van der Waals surface area (Å²) < 4.78 is 16.7. The molecule has 6 heteroatoms. The van der Waals surface area contributed by atoms with Gasteiger partial charge in [0.2, 0.25) is 0 Å². The average molecular weight is 821 g/mol. The van der Waals surface area contributed by atoms with E-state index in [1.807, 2.05) is 0 Å². The first kappa shape index (κ1) is 56.4. The molecule has 344 valence electrons. The van der Waals surface area contributed by atoms with Crippen LogP contribution in [0.2, 0.25) is 0 Å². The molecule has 0 amide bonds. The predicted molar refractivity (Wildman–Crippen MR) is 247 cm³/mol. The molecular formula is C52H100O6. The number of esters is 3. The fourth-order valence-electron chi connectivity index (χ4n) is 7.92. The number of carbonyl (C=O) groups excluding carboxylic acids is 3. The Morgan fingerprint density at radius 2 is 0.466 bits per heavy atom. The molecule has 0 saturated carbocycles. The molecule has 0 radical (unpaired) electrons. The maximum atomic E-state index is 12.6. The van der Waals surface area contributed by atoms with Gasteiger partial charge in [-0.1, -0.05) is 258 Å². The van der Waals surface area contributed by atoms with Gasteiger partial charge in [-0.2, -0.15) is 0 Å². The van der Waals surface area contributed by atoms with Crippen LogP contribution >= 0.6 is 0 Å². The molecule has 6 nitrogen and oxygen atoms in total. The second-order valence-electron chi connectivity index (χ2n) is 17.8. The third-order valence-corrected chi connectivity index (χ3v) is 11.9. The highest BCUT2D eigenvalue weighted by molar-refractivity contribution is 5.71. The van der Waals surface area contributed by atoms with E-state index in [0.717, 1.165) is 64.2 Å². The minimum atomic E-state index is -0.757. The van der Waals surface area contributed by atoms with Gasteiger partial charge in [0.05, 0.1) is 0 Å². The Balaban J connectivity index is 4.03. The van der Waals surface area contributed by atoms with Gasteiger partial charge >= 0.3 is 17.9 Å². The highest BCUT2D eigenvalue weighted by Gasteiger charge is 2.19. The molecule has 0 bridgehead atoms. The van der Waals surface area contributed by atoms with E-state index in [-0.39, 0.29) is 31.1 Å². The number of carbonyl (C=O) groups is 3. The second-order valence-corrected chi connectivity index (χ2v) is 17.8. The van der Waals surface area contributed by atoms with Gasteiger partial charge in [0.1, 0.15) is 13.2 Å². The van der Waals surface area contributed by atoms with Gasteiger partial charge < -0.3 is 14.2 Å². The lowest BCUT2D eigenvalue weighted by atomic mass is 10.0. The van der Waals surface area contributed by atoms with E-state index in [9.17, 15) is 14.4 Å². The predicted octanol–water partition coefficient (Wildman–Crippen LogP) is 16.8. The molecule has 0 aliphatic rings. The van der Waals surface area contributed by atoms with Crippen molar-refractivity contribution in [3.63, 3.8) is 0 Å². The average Bonchev–Trinajstić information content (AvgIpc) is 3.22. The summed E-state index contributed by atoms with van der Waals surface area (Å²) in [6.45, 7) is 6.60. The lowest BCUT2D eigenvalue weighted by molar-refractivity contribution is -0.167. The van der Waals surface area contributed by atoms with Crippen molar-refractivity contribution in [1.29, 1.82) is 0 Å². The maximum Gasteiger partial charge on any atom is 0.306 e. The zero-order chi connectivity index (χ0) is 42.3. The van der Waals surface area contributed by atoms with Crippen LogP contribution in [-0.4, -0.2) is 37.2 Å². The van der Waals surface area contributed by atoms with E-state index in [4.69, 9.17) is 14.2 Å². The van der Waals surface area contributed by atoms with E-state index < -0.39 is 6.10 Å². The smallest absolute Gasteiger partial charge is 0.306 e. The largest absolute Gasteiger partial charge is 0.462 e. The number of rotatable bonds is 48. The molecule has 0 aliphatic heterocycles. The molecular weight excluding hydrogens is 721 g/mol. The van der Waals surface area contributed by atoms with Crippen molar-refractivity contribution in [2.45, 2.75) is 303 Å². The monoisotopic (exact) mass is 821 g/mol. The molecule has 0 aliphatic carbocycles. The first-order valence-electron chi connectivity index (χ1n) is 26.0. The lowest BCUT2D eigenvalue weighted by Gasteiger charge is -2.18. The number of hydrogen-bond acceptors (Lipinski definition) is 6. The van der Waals surface area contributed by atoms with Gasteiger partial charge in [-0.25, -0.2) is 0 Å². The lowest BCUT2D eigenvalue weighted by Crippen LogP contribution is -2.30. The standard InChI is InChI=1S/C52H100O6/c1-4-7-10-13-15-17-19-21-23-25-26-27-29-31-33-35-37-40-42-45-51(54)57-48-49(58-52(55)46-43-38-12-9-6-3)47-56-50(53)44-41-39-36-34-32-30-28-24-22-20-18-16-14-11-8-5-2/h49H,4-48H2,1-3H3/t49-/m1/s1. The summed E-state index contributed by atoms with van der Waals surface area (Å²) in [7, 11) is 0. The zero-order valence-corrected chi connectivity index (χ0v) is 39.3. The Hall–Kier alpha value is -1.59. The number of hydrogen-bond donors (Lipinski definition) is 0. The maximum absolute atomic E-state index is 12.6. The highest BCUT2D eigenvalue weighted by atomic mass is 16.6. The van der Waals surface area contributed by atoms with Crippen molar-refractivity contribution in [2.24, 2.45) is 0 Å². The Kier molecular flexibility index (Phi) is 46.8. The topological polar surface area (TPSA) is 78.9 Å². The summed E-state index contributed by atoms with van der Waals surface area (Å²) in [6.07, 6.45) is 51.3. The van der Waals surface area contributed by atoms with Crippen LogP contribution in [-0.2, 0) is 28.6 Å². The summed E-state index contributed by atoms with van der Waals surface area (Å²) >= 11 is 0. The Morgan fingerprint density at radius 3 is 0.690 bits per heavy atom. The van der Waals surface area contributed by atoms with Gasteiger partial charge in [-0.15, -0.1) is 0 Å². The fourth-order valence-corrected chi connectivity index (χ4v) is 7.92. The van der Waals surface area contributed by atoms with Crippen LogP contribution in [0.1, 0.15) is 297 Å². The van der Waals surface area contributed by atoms with Gasteiger partial charge in [-0.3, -0.25) is 14.4 Å². The van der Waals surface area contributed by atoms with E-state index >= 15 is 0 Å². The van der Waals surface area contributed by atoms with Crippen molar-refractivity contribution < 1.29 is 28.6 Å². The molecule has 0 unspecified atom stereocenters. The first-order chi connectivity index (χ1) is 28.5. The summed E-state index contributed by atoms with van der Waals surface area (Å²) in [5.41, 5.74) is 0. The summed E-state index contributed by atoms with van der Waals surface area (Å²) in [4.78, 5) is 37.6. The Bertz CT molecular complexity index is 859. The first-order valence-corrected chi connectivity index (χ1v) is 26.0.